The van der Waals surface area contributed by atoms with E-state index in [2.05, 4.69) is 24.4 Å². The molecule has 0 saturated heterocycles. The Kier molecular flexibility index (Phi) is 10.1. The van der Waals surface area contributed by atoms with Crippen LogP contribution in [0.1, 0.15) is 47.6 Å². The molecule has 0 unspecified atom stereocenters. The molecule has 3 aromatic carbocycles. The number of carbonyl (C=O) groups excluding carboxylic acids is 2. The van der Waals surface area contributed by atoms with E-state index in [0.717, 1.165) is 46.4 Å². The summed E-state index contributed by atoms with van der Waals surface area (Å²) in [6.45, 7) is 7.06. The molecule has 2 amide bonds. The van der Waals surface area contributed by atoms with Crippen molar-refractivity contribution in [3.63, 3.8) is 0 Å². The SMILES string of the molecule is CCCCNC(=O)[C@@H](Cc1ccccc1)N(Cc1cccc(OC)c1)C(=O)Cc1cc(C)ccc1C. The average molecular weight is 487 g/mol. The van der Waals surface area contributed by atoms with E-state index in [4.69, 9.17) is 4.74 Å². The number of unbranched alkanes of at least 4 members (excludes halogenated alkanes) is 1. The number of ether oxygens (including phenoxy) is 1. The second kappa shape index (κ2) is 13.5. The van der Waals surface area contributed by atoms with E-state index in [-0.39, 0.29) is 18.2 Å². The van der Waals surface area contributed by atoms with Gasteiger partial charge in [-0.1, -0.05) is 79.6 Å². The first kappa shape index (κ1) is 27.0. The van der Waals surface area contributed by atoms with E-state index in [9.17, 15) is 9.59 Å². The zero-order valence-corrected chi connectivity index (χ0v) is 21.9. The minimum atomic E-state index is -0.631. The number of amides is 2. The Hall–Kier alpha value is -3.60. The molecular weight excluding hydrogens is 448 g/mol. The van der Waals surface area contributed by atoms with Gasteiger partial charge in [0.2, 0.25) is 11.8 Å². The van der Waals surface area contributed by atoms with Crippen molar-refractivity contribution in [1.29, 1.82) is 0 Å². The number of benzene rings is 3. The van der Waals surface area contributed by atoms with Gasteiger partial charge in [-0.3, -0.25) is 9.59 Å². The first-order valence-electron chi connectivity index (χ1n) is 12.7. The van der Waals surface area contributed by atoms with Crippen LogP contribution in [0.2, 0.25) is 0 Å². The zero-order chi connectivity index (χ0) is 25.9. The largest absolute Gasteiger partial charge is 0.497 e. The number of carbonyl (C=O) groups is 2. The molecule has 1 N–H and O–H groups in total. The van der Waals surface area contributed by atoms with Crippen molar-refractivity contribution in [2.75, 3.05) is 13.7 Å². The quantitative estimate of drug-likeness (QED) is 0.348. The molecule has 0 aliphatic heterocycles. The van der Waals surface area contributed by atoms with Crippen LogP contribution in [-0.2, 0) is 29.0 Å². The van der Waals surface area contributed by atoms with Crippen LogP contribution in [-0.4, -0.2) is 36.4 Å². The Bertz CT molecular complexity index is 1140. The molecule has 0 bridgehead atoms. The normalized spacial score (nSPS) is 11.6. The lowest BCUT2D eigenvalue weighted by atomic mass is 9.99. The monoisotopic (exact) mass is 486 g/mol. The van der Waals surface area contributed by atoms with Crippen LogP contribution in [0.5, 0.6) is 5.75 Å². The highest BCUT2D eigenvalue weighted by Gasteiger charge is 2.30. The summed E-state index contributed by atoms with van der Waals surface area (Å²) in [5.74, 6) is 0.532. The second-order valence-electron chi connectivity index (χ2n) is 9.33. The van der Waals surface area contributed by atoms with Crippen LogP contribution in [0, 0.1) is 13.8 Å². The molecule has 0 aromatic heterocycles. The van der Waals surface area contributed by atoms with Crippen molar-refractivity contribution >= 4 is 11.8 Å². The number of rotatable bonds is 12. The molecule has 0 spiro atoms. The summed E-state index contributed by atoms with van der Waals surface area (Å²) < 4.78 is 5.41. The number of nitrogens with one attached hydrogen (secondary N) is 1. The molecule has 0 radical (unpaired) electrons. The average Bonchev–Trinajstić information content (AvgIpc) is 2.89. The Morgan fingerprint density at radius 3 is 2.42 bits per heavy atom. The van der Waals surface area contributed by atoms with Crippen molar-refractivity contribution in [3.05, 3.63) is 101 Å². The Labute approximate surface area is 215 Å². The predicted octanol–water partition coefficient (Wildman–Crippen LogP) is 5.41. The zero-order valence-electron chi connectivity index (χ0n) is 21.9. The van der Waals surface area contributed by atoms with E-state index < -0.39 is 6.04 Å². The maximum atomic E-state index is 13.9. The van der Waals surface area contributed by atoms with Crippen molar-refractivity contribution in [3.8, 4) is 5.75 Å². The van der Waals surface area contributed by atoms with E-state index >= 15 is 0 Å². The maximum absolute atomic E-state index is 13.9. The molecule has 190 valence electrons. The van der Waals surface area contributed by atoms with Gasteiger partial charge in [-0.05, 0) is 54.7 Å². The van der Waals surface area contributed by atoms with E-state index in [1.807, 2.05) is 74.5 Å². The van der Waals surface area contributed by atoms with Crippen molar-refractivity contribution < 1.29 is 14.3 Å². The summed E-state index contributed by atoms with van der Waals surface area (Å²) in [6, 6.07) is 23.1. The first-order valence-corrected chi connectivity index (χ1v) is 12.7. The van der Waals surface area contributed by atoms with Gasteiger partial charge in [0.25, 0.3) is 0 Å². The minimum absolute atomic E-state index is 0.0712. The van der Waals surface area contributed by atoms with Gasteiger partial charge in [-0.15, -0.1) is 0 Å². The van der Waals surface area contributed by atoms with Crippen LogP contribution in [0.3, 0.4) is 0 Å². The molecule has 0 aliphatic rings. The van der Waals surface area contributed by atoms with Crippen molar-refractivity contribution in [1.82, 2.24) is 10.2 Å². The number of aryl methyl sites for hydroxylation is 2. The number of methoxy groups -OCH3 is 1. The third-order valence-corrected chi connectivity index (χ3v) is 6.43. The van der Waals surface area contributed by atoms with Crippen LogP contribution in [0.15, 0.2) is 72.8 Å². The number of hydrogen-bond donors (Lipinski definition) is 1. The molecule has 3 rings (SSSR count). The van der Waals surface area contributed by atoms with Gasteiger partial charge < -0.3 is 15.0 Å². The molecule has 1 atom stereocenters. The molecule has 36 heavy (non-hydrogen) atoms. The summed E-state index contributed by atoms with van der Waals surface area (Å²) >= 11 is 0. The third-order valence-electron chi connectivity index (χ3n) is 6.43. The fourth-order valence-corrected chi connectivity index (χ4v) is 4.28. The lowest BCUT2D eigenvalue weighted by Crippen LogP contribution is -2.51. The van der Waals surface area contributed by atoms with Gasteiger partial charge in [0.1, 0.15) is 11.8 Å². The number of hydrogen-bond acceptors (Lipinski definition) is 3. The van der Waals surface area contributed by atoms with Gasteiger partial charge in [-0.25, -0.2) is 0 Å². The third kappa shape index (κ3) is 7.70. The minimum Gasteiger partial charge on any atom is -0.497 e. The summed E-state index contributed by atoms with van der Waals surface area (Å²) in [5.41, 5.74) is 5.11. The van der Waals surface area contributed by atoms with Crippen molar-refractivity contribution in [2.24, 2.45) is 0 Å². The highest BCUT2D eigenvalue weighted by Crippen LogP contribution is 2.20. The smallest absolute Gasteiger partial charge is 0.243 e. The fraction of sp³-hybridized carbons (Fsp3) is 0.355. The van der Waals surface area contributed by atoms with E-state index in [0.29, 0.717) is 19.5 Å². The van der Waals surface area contributed by atoms with Crippen LogP contribution in [0.4, 0.5) is 0 Å². The number of nitrogens with zero attached hydrogens (tertiary/aromatic N) is 1. The van der Waals surface area contributed by atoms with Gasteiger partial charge in [0.05, 0.1) is 13.5 Å². The van der Waals surface area contributed by atoms with Crippen molar-refractivity contribution in [2.45, 2.75) is 59.0 Å². The second-order valence-corrected chi connectivity index (χ2v) is 9.33. The van der Waals surface area contributed by atoms with Crippen LogP contribution < -0.4 is 10.1 Å². The molecule has 0 heterocycles. The summed E-state index contributed by atoms with van der Waals surface area (Å²) in [4.78, 5) is 29.2. The topological polar surface area (TPSA) is 58.6 Å². The summed E-state index contributed by atoms with van der Waals surface area (Å²) in [7, 11) is 1.63. The van der Waals surface area contributed by atoms with Gasteiger partial charge in [0.15, 0.2) is 0 Å². The Morgan fingerprint density at radius 2 is 1.69 bits per heavy atom. The predicted molar refractivity (Wildman–Crippen MR) is 145 cm³/mol. The first-order chi connectivity index (χ1) is 17.4. The van der Waals surface area contributed by atoms with Crippen LogP contribution >= 0.6 is 0 Å². The maximum Gasteiger partial charge on any atom is 0.243 e. The van der Waals surface area contributed by atoms with E-state index in [1.165, 1.54) is 0 Å². The molecule has 0 aliphatic carbocycles. The van der Waals surface area contributed by atoms with Crippen LogP contribution in [0.25, 0.3) is 0 Å². The standard InChI is InChI=1S/C31H38N2O3/c1-5-6-17-32-31(35)29(20-25-11-8-7-9-12-25)33(22-26-13-10-14-28(19-26)36-4)30(34)21-27-18-23(2)15-16-24(27)3/h7-16,18-19,29H,5-6,17,20-22H2,1-4H3,(H,32,35)/t29-/m1/s1. The summed E-state index contributed by atoms with van der Waals surface area (Å²) in [5, 5.41) is 3.07. The molecule has 5 nitrogen and oxygen atoms in total. The molecule has 0 fully saturated rings. The Balaban J connectivity index is 1.98. The highest BCUT2D eigenvalue weighted by atomic mass is 16.5. The van der Waals surface area contributed by atoms with E-state index in [1.54, 1.807) is 12.0 Å². The van der Waals surface area contributed by atoms with Gasteiger partial charge in [0, 0.05) is 19.5 Å². The fourth-order valence-electron chi connectivity index (χ4n) is 4.28. The molecular formula is C31H38N2O3. The van der Waals surface area contributed by atoms with Gasteiger partial charge in [-0.2, -0.15) is 0 Å². The highest BCUT2D eigenvalue weighted by molar-refractivity contribution is 5.89. The summed E-state index contributed by atoms with van der Waals surface area (Å²) in [6.07, 6.45) is 2.57. The molecule has 3 aromatic rings. The van der Waals surface area contributed by atoms with Gasteiger partial charge >= 0.3 is 0 Å². The lowest BCUT2D eigenvalue weighted by molar-refractivity contribution is -0.140. The molecule has 0 saturated carbocycles. The molecule has 5 heteroatoms. The Morgan fingerprint density at radius 1 is 0.944 bits per heavy atom. The lowest BCUT2D eigenvalue weighted by Gasteiger charge is -2.32.